The molecule has 1 rings (SSSR count). The fraction of sp³-hybridized carbons (Fsp3) is 0.429. The third kappa shape index (κ3) is 5.52. The normalized spacial score (nSPS) is 13.0. The first-order valence-electron chi connectivity index (χ1n) is 6.42. The largest absolute Gasteiger partial charge is 0.409 e. The highest BCUT2D eigenvalue weighted by atomic mass is 32.2. The molecule has 0 saturated carbocycles. The summed E-state index contributed by atoms with van der Waals surface area (Å²) >= 11 is 1.77. The molecule has 5 nitrogen and oxygen atoms in total. The SMILES string of the molecule is CSCCC(C)NC(=O)Cc1ccc(/C(N)=N/O)cc1. The molecule has 1 aromatic rings. The van der Waals surface area contributed by atoms with Crippen LogP contribution < -0.4 is 11.1 Å². The topological polar surface area (TPSA) is 87.7 Å². The molecule has 0 spiro atoms. The molecule has 1 amide bonds. The summed E-state index contributed by atoms with van der Waals surface area (Å²) in [7, 11) is 0. The molecule has 0 radical (unpaired) electrons. The van der Waals surface area contributed by atoms with Crippen molar-refractivity contribution in [1.29, 1.82) is 0 Å². The van der Waals surface area contributed by atoms with Crippen molar-refractivity contribution in [3.63, 3.8) is 0 Å². The molecular formula is C14H21N3O2S. The summed E-state index contributed by atoms with van der Waals surface area (Å²) < 4.78 is 0. The van der Waals surface area contributed by atoms with Crippen LogP contribution in [0.4, 0.5) is 0 Å². The molecule has 110 valence electrons. The number of nitrogens with one attached hydrogen (secondary N) is 1. The summed E-state index contributed by atoms with van der Waals surface area (Å²) in [6, 6.07) is 7.26. The molecule has 0 aliphatic carbocycles. The number of amidine groups is 1. The van der Waals surface area contributed by atoms with E-state index in [0.717, 1.165) is 17.7 Å². The van der Waals surface area contributed by atoms with E-state index in [0.29, 0.717) is 12.0 Å². The van der Waals surface area contributed by atoms with E-state index in [1.54, 1.807) is 36.0 Å². The van der Waals surface area contributed by atoms with Gasteiger partial charge in [-0.05, 0) is 30.9 Å². The third-order valence-corrected chi connectivity index (χ3v) is 3.53. The van der Waals surface area contributed by atoms with Crippen LogP contribution in [0.25, 0.3) is 0 Å². The van der Waals surface area contributed by atoms with Crippen LogP contribution in [0.5, 0.6) is 0 Å². The highest BCUT2D eigenvalue weighted by Gasteiger charge is 2.08. The summed E-state index contributed by atoms with van der Waals surface area (Å²) in [5.41, 5.74) is 7.00. The van der Waals surface area contributed by atoms with E-state index in [1.165, 1.54) is 0 Å². The van der Waals surface area contributed by atoms with Crippen molar-refractivity contribution in [2.24, 2.45) is 10.9 Å². The number of oxime groups is 1. The highest BCUT2D eigenvalue weighted by molar-refractivity contribution is 7.98. The summed E-state index contributed by atoms with van der Waals surface area (Å²) in [6.45, 7) is 2.01. The van der Waals surface area contributed by atoms with Crippen molar-refractivity contribution >= 4 is 23.5 Å². The second kappa shape index (κ2) is 8.47. The number of benzene rings is 1. The van der Waals surface area contributed by atoms with Gasteiger partial charge in [-0.2, -0.15) is 11.8 Å². The zero-order valence-electron chi connectivity index (χ0n) is 11.8. The van der Waals surface area contributed by atoms with Crippen LogP contribution in [0, 0.1) is 0 Å². The average Bonchev–Trinajstić information content (AvgIpc) is 2.45. The Kier molecular flexibility index (Phi) is 6.93. The van der Waals surface area contributed by atoms with E-state index in [2.05, 4.69) is 16.7 Å². The predicted octanol–water partition coefficient (Wildman–Crippen LogP) is 1.58. The molecule has 0 saturated heterocycles. The molecule has 20 heavy (non-hydrogen) atoms. The molecular weight excluding hydrogens is 274 g/mol. The lowest BCUT2D eigenvalue weighted by molar-refractivity contribution is -0.121. The van der Waals surface area contributed by atoms with Gasteiger partial charge in [0.2, 0.25) is 5.91 Å². The first kappa shape index (κ1) is 16.4. The zero-order chi connectivity index (χ0) is 15.0. The number of nitrogens with zero attached hydrogens (tertiary/aromatic N) is 1. The fourth-order valence-electron chi connectivity index (χ4n) is 1.73. The van der Waals surface area contributed by atoms with Gasteiger partial charge in [0.05, 0.1) is 6.42 Å². The van der Waals surface area contributed by atoms with Gasteiger partial charge < -0.3 is 16.3 Å². The van der Waals surface area contributed by atoms with Gasteiger partial charge in [0, 0.05) is 11.6 Å². The maximum absolute atomic E-state index is 11.9. The predicted molar refractivity (Wildman–Crippen MR) is 83.3 cm³/mol. The van der Waals surface area contributed by atoms with E-state index in [-0.39, 0.29) is 17.8 Å². The molecule has 0 fully saturated rings. The van der Waals surface area contributed by atoms with Gasteiger partial charge in [-0.1, -0.05) is 29.4 Å². The molecule has 0 bridgehead atoms. The number of amides is 1. The molecule has 0 aliphatic rings. The van der Waals surface area contributed by atoms with Crippen molar-refractivity contribution in [3.8, 4) is 0 Å². The van der Waals surface area contributed by atoms with Gasteiger partial charge in [0.1, 0.15) is 0 Å². The van der Waals surface area contributed by atoms with E-state index < -0.39 is 0 Å². The minimum absolute atomic E-state index is 0.00940. The Labute approximate surface area is 123 Å². The Bertz CT molecular complexity index is 460. The lowest BCUT2D eigenvalue weighted by Crippen LogP contribution is -2.34. The van der Waals surface area contributed by atoms with Crippen molar-refractivity contribution in [2.45, 2.75) is 25.8 Å². The molecule has 0 heterocycles. The van der Waals surface area contributed by atoms with Crippen molar-refractivity contribution in [3.05, 3.63) is 35.4 Å². The van der Waals surface area contributed by atoms with Crippen LogP contribution in [-0.4, -0.2) is 35.0 Å². The molecule has 1 unspecified atom stereocenters. The second-order valence-electron chi connectivity index (χ2n) is 4.61. The summed E-state index contributed by atoms with van der Waals surface area (Å²) in [5.74, 6) is 1.11. The maximum Gasteiger partial charge on any atom is 0.224 e. The molecule has 1 aromatic carbocycles. The first-order valence-corrected chi connectivity index (χ1v) is 7.81. The number of nitrogens with two attached hydrogens (primary N) is 1. The number of rotatable bonds is 7. The Hall–Kier alpha value is -1.69. The standard InChI is InChI=1S/C14H21N3O2S/c1-10(7-8-20-2)16-13(18)9-11-3-5-12(6-4-11)14(15)17-19/h3-6,10,19H,7-9H2,1-2H3,(H2,15,17)(H,16,18). The Balaban J connectivity index is 2.50. The zero-order valence-corrected chi connectivity index (χ0v) is 12.6. The lowest BCUT2D eigenvalue weighted by atomic mass is 10.1. The van der Waals surface area contributed by atoms with Gasteiger partial charge in [0.25, 0.3) is 0 Å². The van der Waals surface area contributed by atoms with Gasteiger partial charge >= 0.3 is 0 Å². The molecule has 0 aliphatic heterocycles. The summed E-state index contributed by atoms with van der Waals surface area (Å²) in [5, 5.41) is 14.5. The Morgan fingerprint density at radius 2 is 2.10 bits per heavy atom. The van der Waals surface area contributed by atoms with Crippen molar-refractivity contribution < 1.29 is 10.0 Å². The van der Waals surface area contributed by atoms with Crippen molar-refractivity contribution in [1.82, 2.24) is 5.32 Å². The van der Waals surface area contributed by atoms with Crippen LogP contribution in [0.1, 0.15) is 24.5 Å². The van der Waals surface area contributed by atoms with E-state index in [9.17, 15) is 4.79 Å². The number of hydrogen-bond acceptors (Lipinski definition) is 4. The average molecular weight is 295 g/mol. The second-order valence-corrected chi connectivity index (χ2v) is 5.59. The molecule has 1 atom stereocenters. The Morgan fingerprint density at radius 3 is 2.65 bits per heavy atom. The smallest absolute Gasteiger partial charge is 0.224 e. The van der Waals surface area contributed by atoms with E-state index in [4.69, 9.17) is 10.9 Å². The van der Waals surface area contributed by atoms with Crippen LogP contribution >= 0.6 is 11.8 Å². The van der Waals surface area contributed by atoms with E-state index in [1.807, 2.05) is 6.92 Å². The highest BCUT2D eigenvalue weighted by Crippen LogP contribution is 2.06. The van der Waals surface area contributed by atoms with Crippen LogP contribution in [0.15, 0.2) is 29.4 Å². The maximum atomic E-state index is 11.9. The van der Waals surface area contributed by atoms with Crippen LogP contribution in [0.2, 0.25) is 0 Å². The monoisotopic (exact) mass is 295 g/mol. The quantitative estimate of drug-likeness (QED) is 0.308. The Morgan fingerprint density at radius 1 is 1.45 bits per heavy atom. The number of hydrogen-bond donors (Lipinski definition) is 3. The number of thioether (sulfide) groups is 1. The lowest BCUT2D eigenvalue weighted by Gasteiger charge is -2.13. The fourth-order valence-corrected chi connectivity index (χ4v) is 2.32. The van der Waals surface area contributed by atoms with Gasteiger partial charge in [-0.3, -0.25) is 4.79 Å². The first-order chi connectivity index (χ1) is 9.56. The van der Waals surface area contributed by atoms with Gasteiger partial charge in [-0.15, -0.1) is 0 Å². The van der Waals surface area contributed by atoms with Crippen molar-refractivity contribution in [2.75, 3.05) is 12.0 Å². The molecule has 6 heteroatoms. The minimum Gasteiger partial charge on any atom is -0.409 e. The minimum atomic E-state index is 0.00940. The van der Waals surface area contributed by atoms with Gasteiger partial charge in [0.15, 0.2) is 5.84 Å². The van der Waals surface area contributed by atoms with E-state index >= 15 is 0 Å². The van der Waals surface area contributed by atoms with Crippen LogP contribution in [-0.2, 0) is 11.2 Å². The number of carbonyl (C=O) groups excluding carboxylic acids is 1. The molecule has 4 N–H and O–H groups in total. The van der Waals surface area contributed by atoms with Gasteiger partial charge in [-0.25, -0.2) is 0 Å². The number of carbonyl (C=O) groups is 1. The summed E-state index contributed by atoms with van der Waals surface area (Å²) in [4.78, 5) is 11.9. The summed E-state index contributed by atoms with van der Waals surface area (Å²) in [6.07, 6.45) is 3.35. The third-order valence-electron chi connectivity index (χ3n) is 2.88. The molecule has 0 aromatic heterocycles. The van der Waals surface area contributed by atoms with Crippen LogP contribution in [0.3, 0.4) is 0 Å².